The number of halogens is 1. The second kappa shape index (κ2) is 4.86. The molecule has 18 heavy (non-hydrogen) atoms. The summed E-state index contributed by atoms with van der Waals surface area (Å²) in [5, 5.41) is 0.756. The lowest BCUT2D eigenvalue weighted by molar-refractivity contribution is 0.714. The topological polar surface area (TPSA) is 43.8 Å². The van der Waals surface area contributed by atoms with Crippen LogP contribution in [-0.4, -0.2) is 9.55 Å². The summed E-state index contributed by atoms with van der Waals surface area (Å²) in [6, 6.07) is 6.25. The highest BCUT2D eigenvalue weighted by Gasteiger charge is 2.25. The van der Waals surface area contributed by atoms with Crippen molar-refractivity contribution >= 4 is 29.1 Å². The molecule has 0 aliphatic heterocycles. The van der Waals surface area contributed by atoms with Gasteiger partial charge in [0.1, 0.15) is 0 Å². The van der Waals surface area contributed by atoms with Crippen molar-refractivity contribution in [2.24, 2.45) is 0 Å². The Morgan fingerprint density at radius 3 is 3.06 bits per heavy atom. The molecular weight excluding hydrogens is 266 g/mol. The van der Waals surface area contributed by atoms with Gasteiger partial charge in [-0.05, 0) is 31.0 Å². The first kappa shape index (κ1) is 11.9. The Labute approximate surface area is 115 Å². The summed E-state index contributed by atoms with van der Waals surface area (Å²) in [5.41, 5.74) is 7.77. The van der Waals surface area contributed by atoms with E-state index in [2.05, 4.69) is 9.55 Å². The average Bonchev–Trinajstić information content (AvgIpc) is 3.10. The number of thioether (sulfide) groups is 1. The average molecular weight is 280 g/mol. The molecule has 0 saturated heterocycles. The molecule has 0 bridgehead atoms. The largest absolute Gasteiger partial charge is 0.399 e. The number of anilines is 1. The van der Waals surface area contributed by atoms with Gasteiger partial charge in [-0.3, -0.25) is 0 Å². The Morgan fingerprint density at radius 2 is 2.28 bits per heavy atom. The second-order valence-corrected chi connectivity index (χ2v) is 5.93. The molecule has 1 heterocycles. The van der Waals surface area contributed by atoms with Crippen LogP contribution in [0.25, 0.3) is 0 Å². The first-order valence-corrected chi connectivity index (χ1v) is 7.29. The van der Waals surface area contributed by atoms with Crippen molar-refractivity contribution < 1.29 is 0 Å². The molecule has 1 aromatic heterocycles. The van der Waals surface area contributed by atoms with Crippen molar-refractivity contribution in [2.75, 3.05) is 5.73 Å². The zero-order valence-electron chi connectivity index (χ0n) is 9.84. The lowest BCUT2D eigenvalue weighted by Gasteiger charge is -2.08. The minimum absolute atomic E-state index is 0.666. The number of aromatic nitrogens is 2. The molecule has 1 fully saturated rings. The Bertz CT molecular complexity index is 563. The summed E-state index contributed by atoms with van der Waals surface area (Å²) in [7, 11) is 0. The molecule has 1 aliphatic rings. The fraction of sp³-hybridized carbons (Fsp3) is 0.308. The summed E-state index contributed by atoms with van der Waals surface area (Å²) >= 11 is 7.86. The van der Waals surface area contributed by atoms with Crippen LogP contribution in [0.5, 0.6) is 0 Å². The Balaban J connectivity index is 1.73. The highest BCUT2D eigenvalue weighted by Crippen LogP contribution is 2.37. The monoisotopic (exact) mass is 279 g/mol. The fourth-order valence-electron chi connectivity index (χ4n) is 1.91. The number of rotatable bonds is 4. The van der Waals surface area contributed by atoms with Crippen LogP contribution in [-0.2, 0) is 5.75 Å². The molecule has 3 nitrogen and oxygen atoms in total. The van der Waals surface area contributed by atoms with Crippen molar-refractivity contribution in [3.63, 3.8) is 0 Å². The lowest BCUT2D eigenvalue weighted by atomic mass is 10.3. The van der Waals surface area contributed by atoms with Crippen LogP contribution in [0.1, 0.15) is 24.6 Å². The number of hydrogen-bond donors (Lipinski definition) is 1. The first-order valence-electron chi connectivity index (χ1n) is 5.92. The minimum Gasteiger partial charge on any atom is -0.399 e. The summed E-state index contributed by atoms with van der Waals surface area (Å²) in [6.07, 6.45) is 6.40. The number of nitrogens with two attached hydrogens (primary N) is 1. The van der Waals surface area contributed by atoms with Gasteiger partial charge in [-0.15, -0.1) is 11.8 Å². The van der Waals surface area contributed by atoms with Gasteiger partial charge in [0.25, 0.3) is 0 Å². The predicted molar refractivity (Wildman–Crippen MR) is 75.9 cm³/mol. The van der Waals surface area contributed by atoms with E-state index >= 15 is 0 Å². The van der Waals surface area contributed by atoms with Crippen molar-refractivity contribution in [1.29, 1.82) is 0 Å². The molecule has 2 N–H and O–H groups in total. The van der Waals surface area contributed by atoms with Crippen LogP contribution < -0.4 is 5.73 Å². The molecule has 5 heteroatoms. The van der Waals surface area contributed by atoms with Crippen molar-refractivity contribution in [3.05, 3.63) is 41.4 Å². The third kappa shape index (κ3) is 2.49. The van der Waals surface area contributed by atoms with Crippen LogP contribution in [0.2, 0.25) is 5.02 Å². The first-order chi connectivity index (χ1) is 8.74. The number of benzene rings is 1. The number of imidazole rings is 1. The maximum Gasteiger partial charge on any atom is 0.0951 e. The number of nitrogen functional groups attached to an aromatic ring is 1. The SMILES string of the molecule is Nc1ccc(Cl)c(SCc2cncn2C2CC2)c1. The van der Waals surface area contributed by atoms with Gasteiger partial charge in [0, 0.05) is 34.3 Å². The van der Waals surface area contributed by atoms with Crippen molar-refractivity contribution in [1.82, 2.24) is 9.55 Å². The normalized spacial score (nSPS) is 14.9. The lowest BCUT2D eigenvalue weighted by Crippen LogP contribution is -1.97. The highest BCUT2D eigenvalue weighted by molar-refractivity contribution is 7.98. The molecule has 1 aromatic carbocycles. The molecule has 94 valence electrons. The van der Waals surface area contributed by atoms with Crippen LogP contribution in [0.15, 0.2) is 35.6 Å². The zero-order chi connectivity index (χ0) is 12.5. The second-order valence-electron chi connectivity index (χ2n) is 4.50. The molecule has 0 unspecified atom stereocenters. The van der Waals surface area contributed by atoms with E-state index in [1.807, 2.05) is 30.7 Å². The van der Waals surface area contributed by atoms with Crippen molar-refractivity contribution in [3.8, 4) is 0 Å². The Morgan fingerprint density at radius 1 is 1.44 bits per heavy atom. The van der Waals surface area contributed by atoms with Crippen LogP contribution in [0.3, 0.4) is 0 Å². The van der Waals surface area contributed by atoms with Gasteiger partial charge < -0.3 is 10.3 Å². The molecule has 1 aliphatic carbocycles. The highest BCUT2D eigenvalue weighted by atomic mass is 35.5. The van der Waals surface area contributed by atoms with E-state index in [9.17, 15) is 0 Å². The maximum atomic E-state index is 6.15. The van der Waals surface area contributed by atoms with E-state index in [4.69, 9.17) is 17.3 Å². The Kier molecular flexibility index (Phi) is 3.22. The van der Waals surface area contributed by atoms with E-state index in [0.717, 1.165) is 21.4 Å². The number of nitrogens with zero attached hydrogens (tertiary/aromatic N) is 2. The van der Waals surface area contributed by atoms with Gasteiger partial charge >= 0.3 is 0 Å². The third-order valence-corrected chi connectivity index (χ3v) is 4.55. The van der Waals surface area contributed by atoms with Gasteiger partial charge in [-0.25, -0.2) is 4.98 Å². The predicted octanol–water partition coefficient (Wildman–Crippen LogP) is 3.75. The van der Waals surface area contributed by atoms with Gasteiger partial charge in [-0.1, -0.05) is 11.6 Å². The molecule has 0 radical (unpaired) electrons. The summed E-state index contributed by atoms with van der Waals surface area (Å²) in [5.74, 6) is 0.875. The molecule has 0 amide bonds. The van der Waals surface area contributed by atoms with Gasteiger partial charge in [0.15, 0.2) is 0 Å². The zero-order valence-corrected chi connectivity index (χ0v) is 11.4. The quantitative estimate of drug-likeness (QED) is 0.685. The van der Waals surface area contributed by atoms with E-state index in [0.29, 0.717) is 6.04 Å². The number of hydrogen-bond acceptors (Lipinski definition) is 3. The fourth-order valence-corrected chi connectivity index (χ4v) is 3.14. The molecule has 3 rings (SSSR count). The van der Waals surface area contributed by atoms with Crippen LogP contribution in [0, 0.1) is 0 Å². The van der Waals surface area contributed by atoms with Crippen molar-refractivity contribution in [2.45, 2.75) is 29.5 Å². The van der Waals surface area contributed by atoms with E-state index in [-0.39, 0.29) is 0 Å². The Hall–Kier alpha value is -1.13. The van der Waals surface area contributed by atoms with Gasteiger partial charge in [-0.2, -0.15) is 0 Å². The van der Waals surface area contributed by atoms with Gasteiger partial charge in [0.2, 0.25) is 0 Å². The summed E-state index contributed by atoms with van der Waals surface area (Å²) in [6.45, 7) is 0. The summed E-state index contributed by atoms with van der Waals surface area (Å²) < 4.78 is 2.27. The molecular formula is C13H14ClN3S. The van der Waals surface area contributed by atoms with E-state index in [1.54, 1.807) is 11.8 Å². The maximum absolute atomic E-state index is 6.15. The molecule has 2 aromatic rings. The molecule has 0 spiro atoms. The molecule has 1 saturated carbocycles. The third-order valence-electron chi connectivity index (χ3n) is 3.02. The molecule has 0 atom stereocenters. The minimum atomic E-state index is 0.666. The summed E-state index contributed by atoms with van der Waals surface area (Å²) in [4.78, 5) is 5.26. The van der Waals surface area contributed by atoms with E-state index in [1.165, 1.54) is 18.5 Å². The standard InChI is InChI=1S/C13H14ClN3S/c14-12-4-1-9(15)5-13(12)18-7-11-6-16-8-17(11)10-2-3-10/h1,4-6,8,10H,2-3,7,15H2. The van der Waals surface area contributed by atoms with Crippen LogP contribution in [0.4, 0.5) is 5.69 Å². The van der Waals surface area contributed by atoms with Gasteiger partial charge in [0.05, 0.1) is 11.3 Å². The smallest absolute Gasteiger partial charge is 0.0951 e. The van der Waals surface area contributed by atoms with Crippen LogP contribution >= 0.6 is 23.4 Å². The van der Waals surface area contributed by atoms with E-state index < -0.39 is 0 Å².